The zero-order valence-electron chi connectivity index (χ0n) is 13.2. The molecular weight excluding hydrogens is 262 g/mol. The molecule has 0 aliphatic carbocycles. The second kappa shape index (κ2) is 8.15. The number of benzene rings is 1. The number of carbonyl (C=O) groups excluding carboxylic acids is 1. The number of piperazine rings is 1. The van der Waals surface area contributed by atoms with Gasteiger partial charge in [0.2, 0.25) is 5.91 Å². The van der Waals surface area contributed by atoms with Crippen molar-refractivity contribution in [3.63, 3.8) is 0 Å². The maximum atomic E-state index is 12.0. The van der Waals surface area contributed by atoms with E-state index in [4.69, 9.17) is 0 Å². The van der Waals surface area contributed by atoms with E-state index >= 15 is 0 Å². The molecule has 1 atom stereocenters. The van der Waals surface area contributed by atoms with Crippen molar-refractivity contribution in [3.8, 4) is 0 Å². The number of rotatable bonds is 6. The lowest BCUT2D eigenvalue weighted by molar-refractivity contribution is -0.123. The normalized spacial score (nSPS) is 20.4. The summed E-state index contributed by atoms with van der Waals surface area (Å²) in [5, 5.41) is 3.04. The summed E-state index contributed by atoms with van der Waals surface area (Å²) in [7, 11) is 2.14. The van der Waals surface area contributed by atoms with Crippen LogP contribution < -0.4 is 5.32 Å². The number of hydrogen-bond acceptors (Lipinski definition) is 3. The number of amides is 1. The third-order valence-corrected chi connectivity index (χ3v) is 4.12. The summed E-state index contributed by atoms with van der Waals surface area (Å²) < 4.78 is 0. The highest BCUT2D eigenvalue weighted by atomic mass is 16.2. The van der Waals surface area contributed by atoms with Gasteiger partial charge < -0.3 is 10.2 Å². The Balaban J connectivity index is 1.61. The van der Waals surface area contributed by atoms with E-state index in [1.165, 1.54) is 5.56 Å². The van der Waals surface area contributed by atoms with Crippen molar-refractivity contribution >= 4 is 5.91 Å². The first-order valence-electron chi connectivity index (χ1n) is 7.88. The van der Waals surface area contributed by atoms with Gasteiger partial charge in [0.25, 0.3) is 0 Å². The summed E-state index contributed by atoms with van der Waals surface area (Å²) in [6, 6.07) is 10.9. The number of aryl methyl sites for hydroxylation is 1. The summed E-state index contributed by atoms with van der Waals surface area (Å²) in [4.78, 5) is 16.6. The van der Waals surface area contributed by atoms with Gasteiger partial charge in [0.15, 0.2) is 0 Å². The Bertz CT molecular complexity index is 435. The maximum absolute atomic E-state index is 12.0. The number of nitrogens with zero attached hydrogens (tertiary/aromatic N) is 2. The monoisotopic (exact) mass is 289 g/mol. The zero-order valence-corrected chi connectivity index (χ0v) is 13.2. The summed E-state index contributed by atoms with van der Waals surface area (Å²) in [6.07, 6.45) is 2.01. The molecule has 1 aliphatic rings. The van der Waals surface area contributed by atoms with Gasteiger partial charge in [0, 0.05) is 32.2 Å². The molecule has 1 N–H and O–H groups in total. The van der Waals surface area contributed by atoms with Crippen LogP contribution in [0.5, 0.6) is 0 Å². The Hall–Kier alpha value is -1.39. The number of hydrogen-bond donors (Lipinski definition) is 1. The van der Waals surface area contributed by atoms with Crippen molar-refractivity contribution in [2.24, 2.45) is 0 Å². The highest BCUT2D eigenvalue weighted by Crippen LogP contribution is 2.07. The molecule has 1 aromatic carbocycles. The lowest BCUT2D eigenvalue weighted by Crippen LogP contribution is -2.53. The molecule has 0 unspecified atom stereocenters. The topological polar surface area (TPSA) is 35.6 Å². The summed E-state index contributed by atoms with van der Waals surface area (Å²) in [5.74, 6) is 0.152. The predicted molar refractivity (Wildman–Crippen MR) is 86.3 cm³/mol. The van der Waals surface area contributed by atoms with Crippen LogP contribution in [-0.4, -0.2) is 61.5 Å². The molecule has 1 fully saturated rings. The highest BCUT2D eigenvalue weighted by molar-refractivity contribution is 5.78. The van der Waals surface area contributed by atoms with Crippen LogP contribution in [0, 0.1) is 0 Å². The van der Waals surface area contributed by atoms with Crippen LogP contribution in [-0.2, 0) is 11.2 Å². The van der Waals surface area contributed by atoms with Crippen LogP contribution in [0.4, 0.5) is 0 Å². The Labute approximate surface area is 128 Å². The lowest BCUT2D eigenvalue weighted by Gasteiger charge is -2.37. The van der Waals surface area contributed by atoms with Crippen LogP contribution in [0.1, 0.15) is 18.9 Å². The van der Waals surface area contributed by atoms with E-state index in [9.17, 15) is 4.79 Å². The first-order chi connectivity index (χ1) is 10.1. The minimum atomic E-state index is 0.152. The Morgan fingerprint density at radius 1 is 1.29 bits per heavy atom. The van der Waals surface area contributed by atoms with Crippen LogP contribution >= 0.6 is 0 Å². The molecule has 21 heavy (non-hydrogen) atoms. The molecule has 2 rings (SSSR count). The Morgan fingerprint density at radius 3 is 2.76 bits per heavy atom. The van der Waals surface area contributed by atoms with E-state index in [0.29, 0.717) is 12.6 Å². The van der Waals surface area contributed by atoms with Gasteiger partial charge >= 0.3 is 0 Å². The van der Waals surface area contributed by atoms with Crippen molar-refractivity contribution < 1.29 is 4.79 Å². The summed E-state index contributed by atoms with van der Waals surface area (Å²) in [5.41, 5.74) is 1.33. The molecule has 4 heteroatoms. The van der Waals surface area contributed by atoms with Gasteiger partial charge in [-0.25, -0.2) is 0 Å². The van der Waals surface area contributed by atoms with Gasteiger partial charge in [-0.1, -0.05) is 30.3 Å². The first kappa shape index (κ1) is 16.0. The lowest BCUT2D eigenvalue weighted by atomic mass is 10.1. The fourth-order valence-corrected chi connectivity index (χ4v) is 2.82. The van der Waals surface area contributed by atoms with E-state index in [2.05, 4.69) is 53.4 Å². The molecular formula is C17H27N3O. The minimum Gasteiger partial charge on any atom is -0.355 e. The zero-order chi connectivity index (χ0) is 15.1. The second-order valence-electron chi connectivity index (χ2n) is 6.02. The highest BCUT2D eigenvalue weighted by Gasteiger charge is 2.22. The molecule has 0 radical (unpaired) electrons. The summed E-state index contributed by atoms with van der Waals surface area (Å²) >= 11 is 0. The van der Waals surface area contributed by atoms with Crippen molar-refractivity contribution in [1.29, 1.82) is 0 Å². The fraction of sp³-hybridized carbons (Fsp3) is 0.588. The van der Waals surface area contributed by atoms with Gasteiger partial charge in [0.05, 0.1) is 6.54 Å². The maximum Gasteiger partial charge on any atom is 0.234 e. The average Bonchev–Trinajstić information content (AvgIpc) is 2.48. The molecule has 4 nitrogen and oxygen atoms in total. The third-order valence-electron chi connectivity index (χ3n) is 4.12. The molecule has 0 spiro atoms. The van der Waals surface area contributed by atoms with E-state index < -0.39 is 0 Å². The van der Waals surface area contributed by atoms with Crippen LogP contribution in [0.3, 0.4) is 0 Å². The average molecular weight is 289 g/mol. The third kappa shape index (κ3) is 5.48. The van der Waals surface area contributed by atoms with E-state index in [1.807, 2.05) is 6.07 Å². The SMILES string of the molecule is C[C@H]1CN(C)CCN1CC(=O)NCCCc1ccccc1. The first-order valence-corrected chi connectivity index (χ1v) is 7.88. The quantitative estimate of drug-likeness (QED) is 0.804. The van der Waals surface area contributed by atoms with Crippen molar-refractivity contribution in [3.05, 3.63) is 35.9 Å². The van der Waals surface area contributed by atoms with Gasteiger partial charge in [-0.2, -0.15) is 0 Å². The molecule has 1 aliphatic heterocycles. The molecule has 1 aromatic rings. The summed E-state index contributed by atoms with van der Waals surface area (Å²) in [6.45, 7) is 6.55. The van der Waals surface area contributed by atoms with Gasteiger partial charge in [0.1, 0.15) is 0 Å². The van der Waals surface area contributed by atoms with Crippen LogP contribution in [0.25, 0.3) is 0 Å². The van der Waals surface area contributed by atoms with E-state index in [-0.39, 0.29) is 5.91 Å². The van der Waals surface area contributed by atoms with Crippen molar-refractivity contribution in [1.82, 2.24) is 15.1 Å². The van der Waals surface area contributed by atoms with E-state index in [1.54, 1.807) is 0 Å². The number of nitrogens with one attached hydrogen (secondary N) is 1. The molecule has 0 saturated carbocycles. The molecule has 1 heterocycles. The van der Waals surface area contributed by atoms with E-state index in [0.717, 1.165) is 39.0 Å². The fourth-order valence-electron chi connectivity index (χ4n) is 2.82. The Kier molecular flexibility index (Phi) is 6.21. The molecule has 1 saturated heterocycles. The molecule has 116 valence electrons. The van der Waals surface area contributed by atoms with Crippen molar-refractivity contribution in [2.75, 3.05) is 39.8 Å². The van der Waals surface area contributed by atoms with Gasteiger partial charge in [-0.05, 0) is 32.4 Å². The van der Waals surface area contributed by atoms with Gasteiger partial charge in [-0.3, -0.25) is 9.69 Å². The minimum absolute atomic E-state index is 0.152. The molecule has 0 aromatic heterocycles. The number of carbonyl (C=O) groups is 1. The van der Waals surface area contributed by atoms with Crippen LogP contribution in [0.15, 0.2) is 30.3 Å². The largest absolute Gasteiger partial charge is 0.355 e. The second-order valence-corrected chi connectivity index (χ2v) is 6.02. The molecule has 1 amide bonds. The smallest absolute Gasteiger partial charge is 0.234 e. The predicted octanol–water partition coefficient (Wildman–Crippen LogP) is 1.37. The van der Waals surface area contributed by atoms with Crippen LogP contribution in [0.2, 0.25) is 0 Å². The Morgan fingerprint density at radius 2 is 2.05 bits per heavy atom. The standard InChI is InChI=1S/C17H27N3O/c1-15-13-19(2)11-12-20(15)14-17(21)18-10-6-9-16-7-4-3-5-8-16/h3-5,7-8,15H,6,9-14H2,1-2H3,(H,18,21)/t15-/m0/s1. The van der Waals surface area contributed by atoms with Crippen molar-refractivity contribution in [2.45, 2.75) is 25.8 Å². The van der Waals surface area contributed by atoms with Gasteiger partial charge in [-0.15, -0.1) is 0 Å². The number of likely N-dealkylation sites (N-methyl/N-ethyl adjacent to an activating group) is 1. The molecule has 0 bridgehead atoms.